The first-order valence-corrected chi connectivity index (χ1v) is 11.9. The molecule has 3 aliphatic rings. The number of rotatable bonds is 6. The molecule has 6 nitrogen and oxygen atoms in total. The van der Waals surface area contributed by atoms with Crippen molar-refractivity contribution < 1.29 is 4.59 Å². The largest absolute Gasteiger partial charge is 0.307 e. The van der Waals surface area contributed by atoms with Gasteiger partial charge in [0.05, 0.1) is 35.5 Å². The zero-order chi connectivity index (χ0) is 23.2. The molecule has 0 radical (unpaired) electrons. The van der Waals surface area contributed by atoms with Crippen molar-refractivity contribution in [2.24, 2.45) is 9.98 Å². The summed E-state index contributed by atoms with van der Waals surface area (Å²) in [4.78, 5) is 16.4. The van der Waals surface area contributed by atoms with E-state index in [1.807, 2.05) is 31.0 Å². The molecule has 170 valence electrons. The van der Waals surface area contributed by atoms with Crippen molar-refractivity contribution in [2.75, 3.05) is 25.6 Å². The van der Waals surface area contributed by atoms with Gasteiger partial charge in [-0.2, -0.15) is 0 Å². The van der Waals surface area contributed by atoms with Gasteiger partial charge < -0.3 is 4.90 Å². The summed E-state index contributed by atoms with van der Waals surface area (Å²) < 4.78 is 0.432. The predicted molar refractivity (Wildman–Crippen MR) is 139 cm³/mol. The molecule has 2 aromatic carbocycles. The summed E-state index contributed by atoms with van der Waals surface area (Å²) in [5.74, 6) is 0. The van der Waals surface area contributed by atoms with Gasteiger partial charge in [-0.25, -0.2) is 15.0 Å². The molecule has 0 saturated heterocycles. The van der Waals surface area contributed by atoms with E-state index in [0.717, 1.165) is 52.9 Å². The van der Waals surface area contributed by atoms with Crippen LogP contribution in [0.3, 0.4) is 0 Å². The Balaban J connectivity index is 1.52. The third-order valence-electron chi connectivity index (χ3n) is 7.11. The molecule has 1 atom stereocenters. The maximum absolute atomic E-state index is 5.07. The Morgan fingerprint density at radius 2 is 1.79 bits per heavy atom. The Bertz CT molecular complexity index is 1350. The zero-order valence-corrected chi connectivity index (χ0v) is 19.7. The average molecular weight is 450 g/mol. The number of quaternary nitrogens is 1. The summed E-state index contributed by atoms with van der Waals surface area (Å²) in [6.45, 7) is 0.967. The second-order valence-corrected chi connectivity index (χ2v) is 9.70. The van der Waals surface area contributed by atoms with E-state index in [1.165, 1.54) is 6.42 Å². The molecule has 1 aliphatic carbocycles. The molecule has 1 aromatic heterocycles. The van der Waals surface area contributed by atoms with Gasteiger partial charge in [-0.15, -0.1) is 4.59 Å². The van der Waals surface area contributed by atoms with Crippen LogP contribution in [-0.2, 0) is 0 Å². The first-order chi connectivity index (χ1) is 16.6. The molecule has 0 bridgehead atoms. The van der Waals surface area contributed by atoms with Crippen molar-refractivity contribution in [3.8, 4) is 11.3 Å². The van der Waals surface area contributed by atoms with Crippen molar-refractivity contribution in [1.82, 2.24) is 9.88 Å². The number of anilines is 1. The molecule has 34 heavy (non-hydrogen) atoms. The molecule has 6 heteroatoms. The van der Waals surface area contributed by atoms with Gasteiger partial charge in [0.25, 0.3) is 0 Å². The fraction of sp³-hybridized carbons (Fsp3) is 0.250. The fourth-order valence-corrected chi connectivity index (χ4v) is 5.55. The topological polar surface area (TPSA) is 44.1 Å². The van der Waals surface area contributed by atoms with Gasteiger partial charge in [0.1, 0.15) is 5.54 Å². The molecular formula is C28H29N6+. The molecule has 0 amide bonds. The zero-order valence-electron chi connectivity index (χ0n) is 19.7. The van der Waals surface area contributed by atoms with Crippen LogP contribution in [0, 0.1) is 0 Å². The molecule has 0 N–H and O–H groups in total. The summed E-state index contributed by atoms with van der Waals surface area (Å²) in [7, 11) is 4.32. The Morgan fingerprint density at radius 1 is 0.971 bits per heavy atom. The van der Waals surface area contributed by atoms with E-state index >= 15 is 0 Å². The van der Waals surface area contributed by atoms with Crippen molar-refractivity contribution in [3.05, 3.63) is 85.0 Å². The van der Waals surface area contributed by atoms with Gasteiger partial charge in [-0.3, -0.25) is 4.99 Å². The first-order valence-electron chi connectivity index (χ1n) is 11.9. The third-order valence-corrected chi connectivity index (χ3v) is 7.11. The number of fused-ring (bicyclic) bond motifs is 2. The van der Waals surface area contributed by atoms with Gasteiger partial charge in [-0.1, -0.05) is 42.5 Å². The lowest BCUT2D eigenvalue weighted by Crippen LogP contribution is -2.70. The predicted octanol–water partition coefficient (Wildman–Crippen LogP) is 5.36. The Morgan fingerprint density at radius 3 is 2.56 bits per heavy atom. The normalized spacial score (nSPS) is 22.0. The molecule has 2 aliphatic heterocycles. The number of aromatic nitrogens is 1. The number of hydrogen-bond donors (Lipinski definition) is 0. The van der Waals surface area contributed by atoms with Crippen molar-refractivity contribution >= 4 is 29.1 Å². The minimum absolute atomic E-state index is 0.0147. The Hall–Kier alpha value is -3.61. The number of aliphatic imine (C=N–C) groups is 2. The smallest absolute Gasteiger partial charge is 0.225 e. The van der Waals surface area contributed by atoms with E-state index in [1.54, 1.807) is 0 Å². The molecule has 1 unspecified atom stereocenters. The molecule has 6 rings (SSSR count). The van der Waals surface area contributed by atoms with E-state index in [0.29, 0.717) is 4.59 Å². The van der Waals surface area contributed by atoms with Crippen LogP contribution in [0.25, 0.3) is 22.2 Å². The van der Waals surface area contributed by atoms with E-state index in [2.05, 4.69) is 94.8 Å². The summed E-state index contributed by atoms with van der Waals surface area (Å²) in [5, 5.41) is 3.68. The maximum atomic E-state index is 5.07. The van der Waals surface area contributed by atoms with Crippen LogP contribution in [0.15, 0.2) is 94.9 Å². The van der Waals surface area contributed by atoms with E-state index in [9.17, 15) is 0 Å². The summed E-state index contributed by atoms with van der Waals surface area (Å²) >= 11 is 0. The molecular weight excluding hydrogens is 420 g/mol. The van der Waals surface area contributed by atoms with Crippen LogP contribution in [-0.4, -0.2) is 53.2 Å². The number of nitrogens with zero attached hydrogens (tertiary/aromatic N) is 6. The van der Waals surface area contributed by atoms with Crippen LogP contribution in [0.1, 0.15) is 19.3 Å². The lowest BCUT2D eigenvalue weighted by atomic mass is 9.75. The molecule has 1 fully saturated rings. The standard InChI is InChI=1S/C28H29N6/c1-32(2)20-28(13-6-14-28)33(34-16-15-29-18-25(34)19-30-21-34)24-11-9-23-10-12-26(31-27(23)17-24)22-7-4-3-5-8-22/h3-5,7-12,15-19,21H,6,13-14,20H2,1-2H3/q+1. The number of likely N-dealkylation sites (N-methyl/N-ethyl adjacent to an activating group) is 1. The molecule has 0 spiro atoms. The SMILES string of the molecule is CN(C)CC1(N(c2ccc3ccc(-c4ccccc4)nc3c2)[N+]23C=CN=CC2=CN=C3)CCC1. The van der Waals surface area contributed by atoms with Crippen LogP contribution >= 0.6 is 0 Å². The highest BCUT2D eigenvalue weighted by atomic mass is 15.8. The fourth-order valence-electron chi connectivity index (χ4n) is 5.55. The maximum Gasteiger partial charge on any atom is 0.225 e. The van der Waals surface area contributed by atoms with Crippen LogP contribution < -0.4 is 5.01 Å². The minimum atomic E-state index is -0.0147. The van der Waals surface area contributed by atoms with Crippen LogP contribution in [0.4, 0.5) is 5.69 Å². The minimum Gasteiger partial charge on any atom is -0.307 e. The van der Waals surface area contributed by atoms with Gasteiger partial charge in [0, 0.05) is 17.5 Å². The Kier molecular flexibility index (Phi) is 4.94. The first kappa shape index (κ1) is 21.0. The lowest BCUT2D eigenvalue weighted by Gasteiger charge is -2.55. The van der Waals surface area contributed by atoms with Crippen molar-refractivity contribution in [3.63, 3.8) is 0 Å². The number of allylic oxidation sites excluding steroid dienone is 1. The summed E-state index contributed by atoms with van der Waals surface area (Å²) in [6.07, 6.45) is 13.4. The van der Waals surface area contributed by atoms with Crippen molar-refractivity contribution in [2.45, 2.75) is 24.8 Å². The average Bonchev–Trinajstić information content (AvgIpc) is 3.27. The second kappa shape index (κ2) is 8.01. The number of benzene rings is 2. The van der Waals surface area contributed by atoms with Gasteiger partial charge in [0.2, 0.25) is 12.0 Å². The van der Waals surface area contributed by atoms with Gasteiger partial charge >= 0.3 is 0 Å². The highest BCUT2D eigenvalue weighted by molar-refractivity contribution is 5.86. The third kappa shape index (κ3) is 3.30. The number of hydrogen-bond acceptors (Lipinski definition) is 5. The van der Waals surface area contributed by atoms with E-state index in [-0.39, 0.29) is 5.54 Å². The summed E-state index contributed by atoms with van der Waals surface area (Å²) in [6, 6.07) is 21.3. The monoisotopic (exact) mass is 449 g/mol. The number of pyridine rings is 1. The van der Waals surface area contributed by atoms with Gasteiger partial charge in [-0.05, 0) is 51.6 Å². The lowest BCUT2D eigenvalue weighted by molar-refractivity contribution is -0.751. The molecule has 1 saturated carbocycles. The molecule has 3 aromatic rings. The summed E-state index contributed by atoms with van der Waals surface area (Å²) in [5.41, 5.74) is 5.30. The second-order valence-electron chi connectivity index (χ2n) is 9.70. The van der Waals surface area contributed by atoms with Gasteiger partial charge in [0.15, 0.2) is 6.20 Å². The van der Waals surface area contributed by atoms with E-state index in [4.69, 9.17) is 4.98 Å². The van der Waals surface area contributed by atoms with Crippen LogP contribution in [0.5, 0.6) is 0 Å². The van der Waals surface area contributed by atoms with Crippen molar-refractivity contribution in [1.29, 1.82) is 0 Å². The molecule has 3 heterocycles. The highest BCUT2D eigenvalue weighted by Crippen LogP contribution is 2.47. The Labute approximate surface area is 200 Å². The van der Waals surface area contributed by atoms with Crippen LogP contribution in [0.2, 0.25) is 0 Å². The highest BCUT2D eigenvalue weighted by Gasteiger charge is 2.55. The quantitative estimate of drug-likeness (QED) is 0.476. The van der Waals surface area contributed by atoms with E-state index < -0.39 is 0 Å².